The van der Waals surface area contributed by atoms with Crippen LogP contribution in [0.3, 0.4) is 0 Å². The number of carbonyl (C=O) groups excluding carboxylic acids is 2. The Balaban J connectivity index is 1.70. The first kappa shape index (κ1) is 17.3. The lowest BCUT2D eigenvalue weighted by Gasteiger charge is -2.35. The van der Waals surface area contributed by atoms with Gasteiger partial charge in [0.2, 0.25) is 5.91 Å². The van der Waals surface area contributed by atoms with Gasteiger partial charge < -0.3 is 19.3 Å². The lowest BCUT2D eigenvalue weighted by molar-refractivity contribution is -0.134. The maximum Gasteiger partial charge on any atom is 0.255 e. The Morgan fingerprint density at radius 1 is 1.00 bits per heavy atom. The maximum absolute atomic E-state index is 12.8. The van der Waals surface area contributed by atoms with Crippen LogP contribution in [0.25, 0.3) is 0 Å². The normalized spacial score (nSPS) is 17.6. The monoisotopic (exact) mass is 444 g/mol. The van der Waals surface area contributed by atoms with Crippen molar-refractivity contribution >= 4 is 34.4 Å². The minimum atomic E-state index is -0.0288. The van der Waals surface area contributed by atoms with Gasteiger partial charge in [-0.3, -0.25) is 9.59 Å². The summed E-state index contributed by atoms with van der Waals surface area (Å²) in [5.41, 5.74) is 0.607. The standard InChI is InChI=1S/C17H21IN2O4/c1-23-14-9-12(13(18)10-15(14)24-2)17(22)20-7-5-19(6-8-20)16(21)11-3-4-11/h9-11H,3-8H2,1-2H3. The molecule has 0 radical (unpaired) electrons. The van der Waals surface area contributed by atoms with Crippen molar-refractivity contribution in [3.8, 4) is 11.5 Å². The maximum atomic E-state index is 12.8. The number of halogens is 1. The summed E-state index contributed by atoms with van der Waals surface area (Å²) >= 11 is 2.14. The zero-order valence-corrected chi connectivity index (χ0v) is 16.0. The smallest absolute Gasteiger partial charge is 0.255 e. The molecule has 0 N–H and O–H groups in total. The molecule has 1 aromatic rings. The molecular formula is C17H21IN2O4. The van der Waals surface area contributed by atoms with Gasteiger partial charge >= 0.3 is 0 Å². The van der Waals surface area contributed by atoms with E-state index in [9.17, 15) is 9.59 Å². The minimum Gasteiger partial charge on any atom is -0.493 e. The van der Waals surface area contributed by atoms with E-state index in [0.29, 0.717) is 43.2 Å². The van der Waals surface area contributed by atoms with E-state index in [2.05, 4.69) is 22.6 Å². The first-order valence-corrected chi connectivity index (χ1v) is 9.12. The first-order chi connectivity index (χ1) is 11.5. The lowest BCUT2D eigenvalue weighted by Crippen LogP contribution is -2.51. The molecule has 0 aromatic heterocycles. The van der Waals surface area contributed by atoms with Gasteiger partial charge in [0.05, 0.1) is 19.8 Å². The van der Waals surface area contributed by atoms with Crippen LogP contribution in [0.1, 0.15) is 23.2 Å². The molecule has 1 aliphatic carbocycles. The molecule has 1 saturated heterocycles. The predicted molar refractivity (Wildman–Crippen MR) is 97.5 cm³/mol. The van der Waals surface area contributed by atoms with Gasteiger partial charge in [0.15, 0.2) is 11.5 Å². The van der Waals surface area contributed by atoms with Crippen LogP contribution in [0.2, 0.25) is 0 Å². The van der Waals surface area contributed by atoms with Gasteiger partial charge in [-0.1, -0.05) is 0 Å². The first-order valence-electron chi connectivity index (χ1n) is 8.04. The molecule has 2 fully saturated rings. The van der Waals surface area contributed by atoms with Crippen molar-refractivity contribution in [3.63, 3.8) is 0 Å². The number of ether oxygens (including phenoxy) is 2. The van der Waals surface area contributed by atoms with Gasteiger partial charge in [-0.05, 0) is 47.6 Å². The van der Waals surface area contributed by atoms with Gasteiger partial charge in [-0.2, -0.15) is 0 Å². The van der Waals surface area contributed by atoms with E-state index in [-0.39, 0.29) is 17.7 Å². The van der Waals surface area contributed by atoms with E-state index in [1.54, 1.807) is 31.3 Å². The second kappa shape index (κ2) is 7.16. The molecular weight excluding hydrogens is 423 g/mol. The van der Waals surface area contributed by atoms with Crippen molar-refractivity contribution in [2.45, 2.75) is 12.8 Å². The van der Waals surface area contributed by atoms with Crippen LogP contribution in [-0.4, -0.2) is 62.0 Å². The Morgan fingerprint density at radius 3 is 2.08 bits per heavy atom. The van der Waals surface area contributed by atoms with Crippen LogP contribution >= 0.6 is 22.6 Å². The van der Waals surface area contributed by atoms with Crippen molar-refractivity contribution in [1.82, 2.24) is 9.80 Å². The fourth-order valence-corrected chi connectivity index (χ4v) is 3.58. The predicted octanol–water partition coefficient (Wildman–Crippen LogP) is 2.00. The van der Waals surface area contributed by atoms with Crippen LogP contribution in [0.5, 0.6) is 11.5 Å². The summed E-state index contributed by atoms with van der Waals surface area (Å²) in [6.45, 7) is 2.37. The van der Waals surface area contributed by atoms with Crippen molar-refractivity contribution < 1.29 is 19.1 Å². The summed E-state index contributed by atoms with van der Waals surface area (Å²) < 4.78 is 11.4. The van der Waals surface area contributed by atoms with Crippen molar-refractivity contribution in [3.05, 3.63) is 21.3 Å². The zero-order chi connectivity index (χ0) is 17.3. The number of rotatable bonds is 4. The van der Waals surface area contributed by atoms with Crippen LogP contribution in [0.4, 0.5) is 0 Å². The highest BCUT2D eigenvalue weighted by molar-refractivity contribution is 14.1. The third-order valence-electron chi connectivity index (χ3n) is 4.51. The Bertz CT molecular complexity index is 652. The Hall–Kier alpha value is -1.51. The highest BCUT2D eigenvalue weighted by Crippen LogP contribution is 2.33. The fourth-order valence-electron chi connectivity index (χ4n) is 2.91. The summed E-state index contributed by atoms with van der Waals surface area (Å²) in [7, 11) is 3.13. The number of nitrogens with zero attached hydrogens (tertiary/aromatic N) is 2. The number of amides is 2. The largest absolute Gasteiger partial charge is 0.493 e. The Kier molecular flexibility index (Phi) is 5.17. The van der Waals surface area contributed by atoms with Gasteiger partial charge in [0.1, 0.15) is 0 Å². The highest BCUT2D eigenvalue weighted by Gasteiger charge is 2.35. The van der Waals surface area contributed by atoms with Crippen LogP contribution in [0.15, 0.2) is 12.1 Å². The number of methoxy groups -OCH3 is 2. The van der Waals surface area contributed by atoms with Crippen molar-refractivity contribution in [2.75, 3.05) is 40.4 Å². The number of benzene rings is 1. The number of carbonyl (C=O) groups is 2. The average molecular weight is 444 g/mol. The molecule has 0 atom stereocenters. The Morgan fingerprint density at radius 2 is 1.54 bits per heavy atom. The molecule has 2 amide bonds. The molecule has 0 unspecified atom stereocenters. The van der Waals surface area contributed by atoms with Crippen LogP contribution in [0, 0.1) is 9.49 Å². The highest BCUT2D eigenvalue weighted by atomic mass is 127. The SMILES string of the molecule is COc1cc(I)c(C(=O)N2CCN(C(=O)C3CC3)CC2)cc1OC. The molecule has 1 aromatic carbocycles. The quantitative estimate of drug-likeness (QED) is 0.667. The zero-order valence-electron chi connectivity index (χ0n) is 13.9. The van der Waals surface area contributed by atoms with Crippen molar-refractivity contribution in [1.29, 1.82) is 0 Å². The van der Waals surface area contributed by atoms with E-state index >= 15 is 0 Å². The second-order valence-corrected chi connectivity index (χ2v) is 7.24. The second-order valence-electron chi connectivity index (χ2n) is 6.08. The molecule has 24 heavy (non-hydrogen) atoms. The molecule has 2 aliphatic rings. The summed E-state index contributed by atoms with van der Waals surface area (Å²) in [5, 5.41) is 0. The molecule has 1 aliphatic heterocycles. The molecule has 6 nitrogen and oxygen atoms in total. The van der Waals surface area contributed by atoms with Crippen LogP contribution < -0.4 is 9.47 Å². The average Bonchev–Trinajstić information content (AvgIpc) is 3.45. The topological polar surface area (TPSA) is 59.1 Å². The van der Waals surface area contributed by atoms with Crippen molar-refractivity contribution in [2.24, 2.45) is 5.92 Å². The van der Waals surface area contributed by atoms with E-state index in [4.69, 9.17) is 9.47 Å². The molecule has 3 rings (SSSR count). The third-order valence-corrected chi connectivity index (χ3v) is 5.40. The molecule has 0 spiro atoms. The van der Waals surface area contributed by atoms with E-state index in [1.165, 1.54) is 0 Å². The minimum absolute atomic E-state index is 0.0288. The molecule has 7 heteroatoms. The van der Waals surface area contributed by atoms with E-state index < -0.39 is 0 Å². The van der Waals surface area contributed by atoms with Gasteiger partial charge in [0.25, 0.3) is 5.91 Å². The van der Waals surface area contributed by atoms with E-state index in [0.717, 1.165) is 16.4 Å². The fraction of sp³-hybridized carbons (Fsp3) is 0.529. The summed E-state index contributed by atoms with van der Waals surface area (Å²) in [6.07, 6.45) is 2.03. The molecule has 0 bridgehead atoms. The summed E-state index contributed by atoms with van der Waals surface area (Å²) in [4.78, 5) is 28.6. The van der Waals surface area contributed by atoms with E-state index in [1.807, 2.05) is 4.90 Å². The molecule has 130 valence electrons. The molecule has 1 saturated carbocycles. The number of hydrogen-bond acceptors (Lipinski definition) is 4. The lowest BCUT2D eigenvalue weighted by atomic mass is 10.1. The molecule has 1 heterocycles. The summed E-state index contributed by atoms with van der Waals surface area (Å²) in [6, 6.07) is 3.53. The number of hydrogen-bond donors (Lipinski definition) is 0. The van der Waals surface area contributed by atoms with Gasteiger partial charge in [0, 0.05) is 35.7 Å². The van der Waals surface area contributed by atoms with Gasteiger partial charge in [-0.15, -0.1) is 0 Å². The number of piperazine rings is 1. The van der Waals surface area contributed by atoms with Crippen LogP contribution in [-0.2, 0) is 4.79 Å². The van der Waals surface area contributed by atoms with Gasteiger partial charge in [-0.25, -0.2) is 0 Å². The third kappa shape index (κ3) is 3.45. The Labute approximate surface area is 155 Å². The summed E-state index contributed by atoms with van der Waals surface area (Å²) in [5.74, 6) is 1.61.